The first-order valence-electron chi connectivity index (χ1n) is 16.5. The number of thiazole rings is 2. The van der Waals surface area contributed by atoms with E-state index in [9.17, 15) is 19.2 Å². The number of hydrogen-bond donors (Lipinski definition) is 4. The SMILES string of the molecule is CC(C)c1nc(CN(C)C(=O)NC(CC(N)=O)C(=O)NC(CCC(Cc2ccccc2)NC(=O)OCc2cncs2)Cc2ccccc2)cs1. The van der Waals surface area contributed by atoms with E-state index in [-0.39, 0.29) is 31.5 Å². The van der Waals surface area contributed by atoms with E-state index in [0.717, 1.165) is 26.7 Å². The van der Waals surface area contributed by atoms with Crippen LogP contribution in [0.5, 0.6) is 0 Å². The normalized spacial score (nSPS) is 12.8. The van der Waals surface area contributed by atoms with Crippen molar-refractivity contribution in [3.05, 3.63) is 104 Å². The number of alkyl carbamates (subject to hydrolysis) is 1. The molecule has 3 atom stereocenters. The number of benzene rings is 2. The highest BCUT2D eigenvalue weighted by Crippen LogP contribution is 2.20. The van der Waals surface area contributed by atoms with Crippen molar-refractivity contribution in [2.75, 3.05) is 7.05 Å². The van der Waals surface area contributed by atoms with Gasteiger partial charge in [0.15, 0.2) is 0 Å². The molecule has 2 aromatic heterocycles. The van der Waals surface area contributed by atoms with Crippen LogP contribution in [-0.2, 0) is 40.3 Å². The Hall–Kier alpha value is -4.82. The zero-order chi connectivity index (χ0) is 35.9. The predicted octanol–water partition coefficient (Wildman–Crippen LogP) is 5.15. The molecule has 5 N–H and O–H groups in total. The van der Waals surface area contributed by atoms with Crippen LogP contribution < -0.4 is 21.7 Å². The monoisotopic (exact) mass is 719 g/mol. The molecule has 2 heterocycles. The Morgan fingerprint density at radius 2 is 1.50 bits per heavy atom. The fourth-order valence-electron chi connectivity index (χ4n) is 5.26. The molecule has 0 saturated carbocycles. The Balaban J connectivity index is 1.44. The summed E-state index contributed by atoms with van der Waals surface area (Å²) in [5.74, 6) is -0.982. The van der Waals surface area contributed by atoms with E-state index >= 15 is 0 Å². The second kappa shape index (κ2) is 19.4. The van der Waals surface area contributed by atoms with E-state index in [1.54, 1.807) is 18.8 Å². The average molecular weight is 720 g/mol. The highest BCUT2D eigenvalue weighted by Gasteiger charge is 2.27. The maximum absolute atomic E-state index is 13.7. The lowest BCUT2D eigenvalue weighted by Crippen LogP contribution is -2.54. The van der Waals surface area contributed by atoms with Crippen molar-refractivity contribution in [3.8, 4) is 0 Å². The molecule has 12 nitrogen and oxygen atoms in total. The Morgan fingerprint density at radius 1 is 0.880 bits per heavy atom. The first-order chi connectivity index (χ1) is 24.0. The summed E-state index contributed by atoms with van der Waals surface area (Å²) >= 11 is 2.93. The van der Waals surface area contributed by atoms with Gasteiger partial charge in [-0.15, -0.1) is 22.7 Å². The molecule has 14 heteroatoms. The standard InChI is InChI=1S/C36H45N7O5S2/c1-24(2)34-40-29(22-49-34)20-43(3)35(46)42-31(18-32(37)44)33(45)39-27(16-25-10-6-4-7-11-25)14-15-28(17-26-12-8-5-9-13-26)41-36(47)48-21-30-19-38-23-50-30/h4-13,19,22-24,27-28,31H,14-18,20-21H2,1-3H3,(H2,37,44)(H,39,45)(H,41,47)(H,42,46). The summed E-state index contributed by atoms with van der Waals surface area (Å²) in [5.41, 5.74) is 9.97. The molecule has 4 rings (SSSR count). The minimum Gasteiger partial charge on any atom is -0.444 e. The fourth-order valence-corrected chi connectivity index (χ4v) is 6.59. The lowest BCUT2D eigenvalue weighted by atomic mass is 9.95. The molecular weight excluding hydrogens is 675 g/mol. The number of urea groups is 1. The van der Waals surface area contributed by atoms with Crippen LogP contribution in [0.1, 0.15) is 65.7 Å². The summed E-state index contributed by atoms with van der Waals surface area (Å²) in [6.45, 7) is 4.46. The highest BCUT2D eigenvalue weighted by atomic mass is 32.1. The van der Waals surface area contributed by atoms with E-state index in [0.29, 0.717) is 25.7 Å². The first kappa shape index (κ1) is 38.0. The molecule has 50 heavy (non-hydrogen) atoms. The summed E-state index contributed by atoms with van der Waals surface area (Å²) < 4.78 is 5.45. The second-order valence-corrected chi connectivity index (χ2v) is 14.3. The molecule has 0 aliphatic heterocycles. The quantitative estimate of drug-likeness (QED) is 0.110. The van der Waals surface area contributed by atoms with E-state index < -0.39 is 36.0 Å². The molecule has 4 aromatic rings. The lowest BCUT2D eigenvalue weighted by Gasteiger charge is -2.26. The predicted molar refractivity (Wildman–Crippen MR) is 194 cm³/mol. The van der Waals surface area contributed by atoms with Gasteiger partial charge in [0.1, 0.15) is 12.6 Å². The first-order valence-corrected chi connectivity index (χ1v) is 18.2. The third-order valence-electron chi connectivity index (χ3n) is 7.84. The average Bonchev–Trinajstić information content (AvgIpc) is 3.79. The summed E-state index contributed by atoms with van der Waals surface area (Å²) in [5, 5.41) is 11.6. The van der Waals surface area contributed by atoms with Crippen LogP contribution in [0.4, 0.5) is 9.59 Å². The maximum atomic E-state index is 13.7. The number of aromatic nitrogens is 2. The van der Waals surface area contributed by atoms with Crippen molar-refractivity contribution >= 4 is 46.6 Å². The van der Waals surface area contributed by atoms with Gasteiger partial charge in [0, 0.05) is 36.6 Å². The van der Waals surface area contributed by atoms with E-state index in [1.807, 2.05) is 66.0 Å². The number of carbonyl (C=O) groups is 4. The molecule has 0 aliphatic rings. The third kappa shape index (κ3) is 12.9. The van der Waals surface area contributed by atoms with Gasteiger partial charge in [0.25, 0.3) is 0 Å². The van der Waals surface area contributed by atoms with Crippen molar-refractivity contribution in [2.45, 2.75) is 83.1 Å². The molecule has 0 spiro atoms. The number of nitrogens with one attached hydrogen (secondary N) is 3. The minimum atomic E-state index is -1.19. The zero-order valence-electron chi connectivity index (χ0n) is 28.5. The van der Waals surface area contributed by atoms with Gasteiger partial charge in [-0.05, 0) is 36.8 Å². The molecule has 0 bridgehead atoms. The van der Waals surface area contributed by atoms with Crippen LogP contribution in [-0.4, -0.2) is 64.0 Å². The van der Waals surface area contributed by atoms with Gasteiger partial charge in [0.2, 0.25) is 11.8 Å². The van der Waals surface area contributed by atoms with E-state index in [4.69, 9.17) is 10.5 Å². The van der Waals surface area contributed by atoms with Gasteiger partial charge in [-0.2, -0.15) is 0 Å². The van der Waals surface area contributed by atoms with Crippen molar-refractivity contribution in [2.24, 2.45) is 5.73 Å². The molecule has 5 amide bonds. The van der Waals surface area contributed by atoms with E-state index in [1.165, 1.54) is 27.6 Å². The molecule has 3 unspecified atom stereocenters. The maximum Gasteiger partial charge on any atom is 0.407 e. The number of ether oxygens (including phenoxy) is 1. The smallest absolute Gasteiger partial charge is 0.407 e. The lowest BCUT2D eigenvalue weighted by molar-refractivity contribution is -0.127. The van der Waals surface area contributed by atoms with Crippen LogP contribution in [0.3, 0.4) is 0 Å². The van der Waals surface area contributed by atoms with Crippen LogP contribution in [0.25, 0.3) is 0 Å². The van der Waals surface area contributed by atoms with Crippen LogP contribution in [0, 0.1) is 0 Å². The van der Waals surface area contributed by atoms with Crippen molar-refractivity contribution in [1.82, 2.24) is 30.8 Å². The van der Waals surface area contributed by atoms with Gasteiger partial charge in [-0.3, -0.25) is 14.6 Å². The largest absolute Gasteiger partial charge is 0.444 e. The van der Waals surface area contributed by atoms with Gasteiger partial charge >= 0.3 is 12.1 Å². The zero-order valence-corrected chi connectivity index (χ0v) is 30.2. The molecule has 0 aliphatic carbocycles. The molecule has 266 valence electrons. The summed E-state index contributed by atoms with van der Waals surface area (Å²) in [4.78, 5) is 62.6. The Labute approximate surface area is 300 Å². The number of carbonyl (C=O) groups excluding carboxylic acids is 4. The number of primary amides is 1. The summed E-state index contributed by atoms with van der Waals surface area (Å²) in [7, 11) is 1.60. The number of amides is 5. The summed E-state index contributed by atoms with van der Waals surface area (Å²) in [6.07, 6.45) is 2.75. The Kier molecular flexibility index (Phi) is 14.7. The number of nitrogens with two attached hydrogens (primary N) is 1. The van der Waals surface area contributed by atoms with Gasteiger partial charge in [0.05, 0.1) is 34.1 Å². The number of rotatable bonds is 18. The second-order valence-electron chi connectivity index (χ2n) is 12.4. The van der Waals surface area contributed by atoms with Gasteiger partial charge in [-0.1, -0.05) is 74.5 Å². The Morgan fingerprint density at radius 3 is 2.04 bits per heavy atom. The molecule has 0 fully saturated rings. The number of hydrogen-bond acceptors (Lipinski definition) is 9. The fraction of sp³-hybridized carbons (Fsp3) is 0.389. The highest BCUT2D eigenvalue weighted by molar-refractivity contribution is 7.09. The van der Waals surface area contributed by atoms with Crippen molar-refractivity contribution in [3.63, 3.8) is 0 Å². The van der Waals surface area contributed by atoms with Crippen molar-refractivity contribution in [1.29, 1.82) is 0 Å². The topological polar surface area (TPSA) is 169 Å². The minimum absolute atomic E-state index is 0.117. The van der Waals surface area contributed by atoms with Gasteiger partial charge < -0.3 is 31.3 Å². The number of nitrogens with zero attached hydrogens (tertiary/aromatic N) is 3. The molecular formula is C36H45N7O5S2. The van der Waals surface area contributed by atoms with Crippen LogP contribution in [0.15, 0.2) is 77.8 Å². The molecule has 0 saturated heterocycles. The van der Waals surface area contributed by atoms with Crippen LogP contribution in [0.2, 0.25) is 0 Å². The molecule has 0 radical (unpaired) electrons. The van der Waals surface area contributed by atoms with E-state index in [2.05, 4.69) is 39.8 Å². The van der Waals surface area contributed by atoms with Gasteiger partial charge in [-0.25, -0.2) is 14.6 Å². The molecule has 2 aromatic carbocycles. The van der Waals surface area contributed by atoms with Crippen LogP contribution >= 0.6 is 22.7 Å². The Bertz CT molecular complexity index is 1650. The summed E-state index contributed by atoms with van der Waals surface area (Å²) in [6, 6.07) is 17.1. The third-order valence-corrected chi connectivity index (χ3v) is 9.79. The van der Waals surface area contributed by atoms with Crippen molar-refractivity contribution < 1.29 is 23.9 Å².